The molecule has 1 aromatic carbocycles. The number of carbonyl (C=O) groups is 1. The summed E-state index contributed by atoms with van der Waals surface area (Å²) in [7, 11) is -3.23. The lowest BCUT2D eigenvalue weighted by atomic mass is 10.0. The van der Waals surface area contributed by atoms with Gasteiger partial charge in [0.15, 0.2) is 5.82 Å². The fraction of sp³-hybridized carbons (Fsp3) is 0.500. The van der Waals surface area contributed by atoms with E-state index >= 15 is 0 Å². The number of sulfone groups is 1. The van der Waals surface area contributed by atoms with E-state index in [1.54, 1.807) is 20.8 Å². The van der Waals surface area contributed by atoms with Crippen LogP contribution in [0, 0.1) is 5.82 Å². The van der Waals surface area contributed by atoms with Crippen LogP contribution in [-0.2, 0) is 9.84 Å². The molecule has 0 aliphatic carbocycles. The van der Waals surface area contributed by atoms with Crippen LogP contribution < -0.4 is 0 Å². The molecular weight excluding hydrogens is 317 g/mol. The van der Waals surface area contributed by atoms with Gasteiger partial charge in [0.2, 0.25) is 0 Å². The average Bonchev–Trinajstić information content (AvgIpc) is 2.29. The van der Waals surface area contributed by atoms with E-state index in [0.29, 0.717) is 0 Å². The average molecular weight is 336 g/mol. The number of halogens is 2. The molecule has 0 aliphatic heterocycles. The summed E-state index contributed by atoms with van der Waals surface area (Å²) >= 11 is 5.68. The van der Waals surface area contributed by atoms with E-state index < -0.39 is 27.1 Å². The van der Waals surface area contributed by atoms with Gasteiger partial charge >= 0.3 is 0 Å². The Bertz CT molecular complexity index is 638. The van der Waals surface area contributed by atoms with Crippen molar-refractivity contribution in [3.05, 3.63) is 34.6 Å². The van der Waals surface area contributed by atoms with Crippen molar-refractivity contribution in [2.24, 2.45) is 0 Å². The summed E-state index contributed by atoms with van der Waals surface area (Å²) in [6.45, 7) is 5.27. The summed E-state index contributed by atoms with van der Waals surface area (Å²) in [5.41, 5.74) is -0.804. The molecule has 7 heteroatoms. The topological polar surface area (TPSA) is 54.5 Å². The summed E-state index contributed by atoms with van der Waals surface area (Å²) < 4.78 is 36.6. The zero-order valence-electron chi connectivity index (χ0n) is 12.5. The Hall–Kier alpha value is -1.14. The first kappa shape index (κ1) is 17.9. The Labute approximate surface area is 129 Å². The van der Waals surface area contributed by atoms with Crippen LogP contribution in [0.15, 0.2) is 18.2 Å². The molecule has 0 aliphatic rings. The molecule has 0 unspecified atom stereocenters. The molecule has 0 atom stereocenters. The first-order valence-corrected chi connectivity index (χ1v) is 8.81. The van der Waals surface area contributed by atoms with E-state index in [1.807, 2.05) is 0 Å². The summed E-state index contributed by atoms with van der Waals surface area (Å²) in [5, 5.41) is -0.141. The Morgan fingerprint density at radius 2 is 1.90 bits per heavy atom. The number of benzene rings is 1. The maximum Gasteiger partial charge on any atom is 0.257 e. The summed E-state index contributed by atoms with van der Waals surface area (Å²) in [4.78, 5) is 13.9. The molecule has 1 rings (SSSR count). The van der Waals surface area contributed by atoms with Crippen LogP contribution in [0.1, 0.15) is 31.1 Å². The van der Waals surface area contributed by atoms with Gasteiger partial charge in [0.05, 0.1) is 16.3 Å². The van der Waals surface area contributed by atoms with Crippen LogP contribution in [0.2, 0.25) is 5.02 Å². The van der Waals surface area contributed by atoms with Crippen LogP contribution in [0.3, 0.4) is 0 Å². The highest BCUT2D eigenvalue weighted by Gasteiger charge is 2.30. The molecule has 1 amide bonds. The maximum atomic E-state index is 14.0. The monoisotopic (exact) mass is 335 g/mol. The van der Waals surface area contributed by atoms with E-state index in [2.05, 4.69) is 0 Å². The standard InChI is InChI=1S/C14H19ClFNO3S/c1-14(2,3)17(8-9-21(4,19)20)13(18)10-6-5-7-11(15)12(10)16/h5-7H,8-9H2,1-4H3. The van der Waals surface area contributed by atoms with Gasteiger partial charge in [-0.25, -0.2) is 12.8 Å². The summed E-state index contributed by atoms with van der Waals surface area (Å²) in [6, 6.07) is 4.17. The highest BCUT2D eigenvalue weighted by atomic mass is 35.5. The Morgan fingerprint density at radius 3 is 2.38 bits per heavy atom. The van der Waals surface area contributed by atoms with Crippen molar-refractivity contribution in [2.45, 2.75) is 26.3 Å². The number of rotatable bonds is 4. The van der Waals surface area contributed by atoms with Gasteiger partial charge in [-0.3, -0.25) is 4.79 Å². The molecule has 118 valence electrons. The van der Waals surface area contributed by atoms with Gasteiger partial charge in [-0.15, -0.1) is 0 Å². The second kappa shape index (κ2) is 6.32. The van der Waals surface area contributed by atoms with Gasteiger partial charge in [0.1, 0.15) is 9.84 Å². The van der Waals surface area contributed by atoms with E-state index in [1.165, 1.54) is 23.1 Å². The zero-order chi connectivity index (χ0) is 16.4. The lowest BCUT2D eigenvalue weighted by Gasteiger charge is -2.35. The molecule has 0 saturated heterocycles. The maximum absolute atomic E-state index is 14.0. The third kappa shape index (κ3) is 4.97. The van der Waals surface area contributed by atoms with Crippen LogP contribution in [0.4, 0.5) is 4.39 Å². The molecule has 0 N–H and O–H groups in total. The Kier molecular flexibility index (Phi) is 5.39. The van der Waals surface area contributed by atoms with Crippen molar-refractivity contribution in [1.29, 1.82) is 0 Å². The smallest absolute Gasteiger partial charge is 0.257 e. The highest BCUT2D eigenvalue weighted by molar-refractivity contribution is 7.90. The largest absolute Gasteiger partial charge is 0.333 e. The minimum absolute atomic E-state index is 0.00683. The molecule has 0 fully saturated rings. The van der Waals surface area contributed by atoms with Crippen molar-refractivity contribution in [3.63, 3.8) is 0 Å². The first-order valence-electron chi connectivity index (χ1n) is 6.37. The molecular formula is C14H19ClFNO3S. The molecule has 0 spiro atoms. The molecule has 0 radical (unpaired) electrons. The molecule has 0 bridgehead atoms. The Morgan fingerprint density at radius 1 is 1.33 bits per heavy atom. The van der Waals surface area contributed by atoms with Gasteiger partial charge in [0.25, 0.3) is 5.91 Å². The first-order chi connectivity index (χ1) is 9.43. The number of hydrogen-bond donors (Lipinski definition) is 0. The van der Waals surface area contributed by atoms with E-state index in [0.717, 1.165) is 6.26 Å². The van der Waals surface area contributed by atoms with Crippen molar-refractivity contribution >= 4 is 27.3 Å². The van der Waals surface area contributed by atoms with Crippen LogP contribution >= 0.6 is 11.6 Å². The second-order valence-corrected chi connectivity index (χ2v) is 8.53. The van der Waals surface area contributed by atoms with Gasteiger partial charge in [0, 0.05) is 18.3 Å². The van der Waals surface area contributed by atoms with Gasteiger partial charge in [-0.2, -0.15) is 0 Å². The molecule has 0 saturated carbocycles. The van der Waals surface area contributed by atoms with Gasteiger partial charge in [-0.05, 0) is 32.9 Å². The van der Waals surface area contributed by atoms with Crippen LogP contribution in [-0.4, -0.2) is 43.3 Å². The van der Waals surface area contributed by atoms with Crippen molar-refractivity contribution < 1.29 is 17.6 Å². The van der Waals surface area contributed by atoms with E-state index in [4.69, 9.17) is 11.6 Å². The minimum Gasteiger partial charge on any atom is -0.333 e. The van der Waals surface area contributed by atoms with Crippen molar-refractivity contribution in [1.82, 2.24) is 4.90 Å². The van der Waals surface area contributed by atoms with Crippen molar-refractivity contribution in [2.75, 3.05) is 18.6 Å². The van der Waals surface area contributed by atoms with Crippen LogP contribution in [0.5, 0.6) is 0 Å². The number of hydrogen-bond acceptors (Lipinski definition) is 3. The lowest BCUT2D eigenvalue weighted by Crippen LogP contribution is -2.48. The van der Waals surface area contributed by atoms with E-state index in [9.17, 15) is 17.6 Å². The lowest BCUT2D eigenvalue weighted by molar-refractivity contribution is 0.0596. The second-order valence-electron chi connectivity index (χ2n) is 5.86. The van der Waals surface area contributed by atoms with E-state index in [-0.39, 0.29) is 22.9 Å². The molecule has 0 aromatic heterocycles. The predicted molar refractivity (Wildman–Crippen MR) is 81.9 cm³/mol. The number of amides is 1. The third-order valence-electron chi connectivity index (χ3n) is 2.92. The predicted octanol–water partition coefficient (Wildman–Crippen LogP) is 2.76. The molecule has 21 heavy (non-hydrogen) atoms. The Balaban J connectivity index is 3.15. The summed E-state index contributed by atoms with van der Waals surface area (Å²) in [5.74, 6) is -1.55. The van der Waals surface area contributed by atoms with Gasteiger partial charge in [-0.1, -0.05) is 17.7 Å². The summed E-state index contributed by atoms with van der Waals surface area (Å²) in [6.07, 6.45) is 1.10. The molecule has 4 nitrogen and oxygen atoms in total. The number of nitrogens with zero attached hydrogens (tertiary/aromatic N) is 1. The van der Waals surface area contributed by atoms with Crippen molar-refractivity contribution in [3.8, 4) is 0 Å². The fourth-order valence-electron chi connectivity index (χ4n) is 1.81. The number of carbonyl (C=O) groups excluding carboxylic acids is 1. The third-order valence-corrected chi connectivity index (χ3v) is 4.14. The van der Waals surface area contributed by atoms with Gasteiger partial charge < -0.3 is 4.90 Å². The molecule has 0 heterocycles. The zero-order valence-corrected chi connectivity index (χ0v) is 14.1. The SMILES string of the molecule is CC(C)(C)N(CCS(C)(=O)=O)C(=O)c1cccc(Cl)c1F. The normalized spacial score (nSPS) is 12.3. The molecule has 1 aromatic rings. The minimum atomic E-state index is -3.23. The van der Waals surface area contributed by atoms with Crippen LogP contribution in [0.25, 0.3) is 0 Å². The fourth-order valence-corrected chi connectivity index (χ4v) is 2.50. The quantitative estimate of drug-likeness (QED) is 0.850. The highest BCUT2D eigenvalue weighted by Crippen LogP contribution is 2.23.